The van der Waals surface area contributed by atoms with Gasteiger partial charge in [0.15, 0.2) is 6.61 Å². The van der Waals surface area contributed by atoms with Gasteiger partial charge in [-0.2, -0.15) is 0 Å². The molecule has 0 spiro atoms. The normalized spacial score (nSPS) is 10.8. The molecule has 0 radical (unpaired) electrons. The Morgan fingerprint density at radius 2 is 1.93 bits per heavy atom. The number of benzene rings is 2. The largest absolute Gasteiger partial charge is 0.482 e. The van der Waals surface area contributed by atoms with Gasteiger partial charge in [-0.15, -0.1) is 0 Å². The van der Waals surface area contributed by atoms with E-state index < -0.39 is 5.97 Å². The van der Waals surface area contributed by atoms with Crippen molar-refractivity contribution in [3.63, 3.8) is 0 Å². The first-order chi connectivity index (χ1) is 14.5. The van der Waals surface area contributed by atoms with E-state index in [-0.39, 0.29) is 12.5 Å². The van der Waals surface area contributed by atoms with E-state index in [2.05, 4.69) is 12.2 Å². The van der Waals surface area contributed by atoms with Crippen molar-refractivity contribution < 1.29 is 19.4 Å². The van der Waals surface area contributed by atoms with Crippen LogP contribution in [0.4, 0.5) is 5.69 Å². The minimum atomic E-state index is -1.02. The molecule has 1 amide bonds. The smallest absolute Gasteiger partial charge is 0.341 e. The quantitative estimate of drug-likeness (QED) is 0.551. The zero-order valence-electron chi connectivity index (χ0n) is 16.7. The highest BCUT2D eigenvalue weighted by Gasteiger charge is 2.10. The van der Waals surface area contributed by atoms with E-state index in [9.17, 15) is 9.59 Å². The molecule has 3 rings (SSSR count). The molecular weight excluding hydrogens is 380 g/mol. The number of carboxylic acids is 1. The molecule has 0 saturated heterocycles. The average Bonchev–Trinajstić information content (AvgIpc) is 3.21. The minimum absolute atomic E-state index is 0.161. The summed E-state index contributed by atoms with van der Waals surface area (Å²) in [6.07, 6.45) is 6.60. The van der Waals surface area contributed by atoms with Crippen LogP contribution in [0.3, 0.4) is 0 Å². The second kappa shape index (κ2) is 10.1. The SMILES string of the molecule is CCc1cccc(NC(=O)c2cccn2C/C=C/c2cccc(OCC(=O)O)c2)c1. The number of ether oxygens (including phenoxy) is 1. The van der Waals surface area contributed by atoms with Gasteiger partial charge in [-0.1, -0.05) is 43.3 Å². The predicted molar refractivity (Wildman–Crippen MR) is 117 cm³/mol. The van der Waals surface area contributed by atoms with Gasteiger partial charge in [-0.05, 0) is 53.9 Å². The van der Waals surface area contributed by atoms with Gasteiger partial charge in [0.2, 0.25) is 0 Å². The number of carboxylic acid groups (broad SMARTS) is 1. The van der Waals surface area contributed by atoms with Crippen molar-refractivity contribution in [1.82, 2.24) is 4.57 Å². The lowest BCUT2D eigenvalue weighted by molar-refractivity contribution is -0.139. The Morgan fingerprint density at radius 3 is 2.73 bits per heavy atom. The van der Waals surface area contributed by atoms with Gasteiger partial charge in [0.05, 0.1) is 0 Å². The molecule has 2 aromatic carbocycles. The minimum Gasteiger partial charge on any atom is -0.482 e. The van der Waals surface area contributed by atoms with Gasteiger partial charge in [0, 0.05) is 18.4 Å². The number of allylic oxidation sites excluding steroid dienone is 1. The third-order valence-electron chi connectivity index (χ3n) is 4.49. The van der Waals surface area contributed by atoms with Gasteiger partial charge < -0.3 is 19.7 Å². The lowest BCUT2D eigenvalue weighted by atomic mass is 10.1. The van der Waals surface area contributed by atoms with Gasteiger partial charge in [0.25, 0.3) is 5.91 Å². The standard InChI is InChI=1S/C24H24N2O4/c1-2-18-7-3-10-20(15-18)25-24(29)22-12-6-14-26(22)13-5-9-19-8-4-11-21(16-19)30-17-23(27)28/h3-12,14-16H,2,13,17H2,1H3,(H,25,29)(H,27,28)/b9-5+. The highest BCUT2D eigenvalue weighted by atomic mass is 16.5. The number of amides is 1. The predicted octanol–water partition coefficient (Wildman–Crippen LogP) is 4.48. The molecule has 0 atom stereocenters. The lowest BCUT2D eigenvalue weighted by Crippen LogP contribution is -2.16. The van der Waals surface area contributed by atoms with Crippen molar-refractivity contribution in [1.29, 1.82) is 0 Å². The third kappa shape index (κ3) is 5.85. The van der Waals surface area contributed by atoms with Crippen LogP contribution in [0.5, 0.6) is 5.75 Å². The van der Waals surface area contributed by atoms with Crippen LogP contribution >= 0.6 is 0 Å². The summed E-state index contributed by atoms with van der Waals surface area (Å²) < 4.78 is 7.05. The summed E-state index contributed by atoms with van der Waals surface area (Å²) in [4.78, 5) is 23.3. The van der Waals surface area contributed by atoms with Crippen molar-refractivity contribution in [3.8, 4) is 5.75 Å². The first-order valence-corrected chi connectivity index (χ1v) is 9.72. The van der Waals surface area contributed by atoms with Crippen LogP contribution in [-0.4, -0.2) is 28.2 Å². The maximum absolute atomic E-state index is 12.7. The van der Waals surface area contributed by atoms with Crippen molar-refractivity contribution >= 4 is 23.6 Å². The Hall–Kier alpha value is -3.80. The fraction of sp³-hybridized carbons (Fsp3) is 0.167. The van der Waals surface area contributed by atoms with Gasteiger partial charge >= 0.3 is 5.97 Å². The zero-order valence-corrected chi connectivity index (χ0v) is 16.7. The summed E-state index contributed by atoms with van der Waals surface area (Å²) in [5.41, 5.74) is 3.40. The third-order valence-corrected chi connectivity index (χ3v) is 4.49. The van der Waals surface area contributed by atoms with Gasteiger partial charge in [0.1, 0.15) is 11.4 Å². The summed E-state index contributed by atoms with van der Waals surface area (Å²) in [6, 6.07) is 18.6. The molecule has 0 unspecified atom stereocenters. The van der Waals surface area contributed by atoms with Crippen molar-refractivity contribution in [2.75, 3.05) is 11.9 Å². The fourth-order valence-electron chi connectivity index (χ4n) is 3.00. The number of rotatable bonds is 9. The molecule has 6 heteroatoms. The first-order valence-electron chi connectivity index (χ1n) is 9.72. The molecule has 0 bridgehead atoms. The Bertz CT molecular complexity index is 1050. The number of carbonyl (C=O) groups excluding carboxylic acids is 1. The molecule has 3 aromatic rings. The van der Waals surface area contributed by atoms with Crippen LogP contribution < -0.4 is 10.1 Å². The second-order valence-corrected chi connectivity index (χ2v) is 6.71. The van der Waals surface area contributed by atoms with E-state index in [0.29, 0.717) is 18.0 Å². The van der Waals surface area contributed by atoms with Crippen LogP contribution in [0, 0.1) is 0 Å². The van der Waals surface area contributed by atoms with E-state index in [0.717, 1.165) is 17.7 Å². The number of aryl methyl sites for hydroxylation is 1. The lowest BCUT2D eigenvalue weighted by Gasteiger charge is -2.09. The molecule has 6 nitrogen and oxygen atoms in total. The van der Waals surface area contributed by atoms with E-state index in [1.807, 2.05) is 59.3 Å². The molecule has 30 heavy (non-hydrogen) atoms. The molecule has 2 N–H and O–H groups in total. The Labute approximate surface area is 175 Å². The van der Waals surface area contributed by atoms with Crippen LogP contribution in [0.25, 0.3) is 6.08 Å². The molecule has 0 aliphatic rings. The number of nitrogens with one attached hydrogen (secondary N) is 1. The number of aliphatic carboxylic acids is 1. The van der Waals surface area contributed by atoms with Crippen LogP contribution in [0.15, 0.2) is 72.9 Å². The molecule has 1 heterocycles. The molecule has 0 aliphatic carbocycles. The number of carbonyl (C=O) groups is 2. The second-order valence-electron chi connectivity index (χ2n) is 6.71. The number of anilines is 1. The maximum Gasteiger partial charge on any atom is 0.341 e. The number of nitrogens with zero attached hydrogens (tertiary/aromatic N) is 1. The Balaban J connectivity index is 1.63. The van der Waals surface area contributed by atoms with Gasteiger partial charge in [-0.3, -0.25) is 4.79 Å². The Kier molecular flexibility index (Phi) is 7.05. The van der Waals surface area contributed by atoms with Crippen LogP contribution in [-0.2, 0) is 17.8 Å². The molecular formula is C24H24N2O4. The molecule has 0 aliphatic heterocycles. The fourth-order valence-corrected chi connectivity index (χ4v) is 3.00. The van der Waals surface area contributed by atoms with E-state index >= 15 is 0 Å². The Morgan fingerprint density at radius 1 is 1.10 bits per heavy atom. The number of hydrogen-bond donors (Lipinski definition) is 2. The zero-order chi connectivity index (χ0) is 21.3. The highest BCUT2D eigenvalue weighted by Crippen LogP contribution is 2.16. The summed E-state index contributed by atoms with van der Waals surface area (Å²) >= 11 is 0. The molecule has 0 fully saturated rings. The number of hydrogen-bond acceptors (Lipinski definition) is 3. The summed E-state index contributed by atoms with van der Waals surface area (Å²) in [7, 11) is 0. The molecule has 154 valence electrons. The van der Waals surface area contributed by atoms with Crippen LogP contribution in [0.1, 0.15) is 28.5 Å². The number of aromatic nitrogens is 1. The van der Waals surface area contributed by atoms with Crippen molar-refractivity contribution in [2.24, 2.45) is 0 Å². The van der Waals surface area contributed by atoms with Crippen molar-refractivity contribution in [3.05, 3.63) is 89.8 Å². The van der Waals surface area contributed by atoms with Crippen molar-refractivity contribution in [2.45, 2.75) is 19.9 Å². The molecule has 0 saturated carbocycles. The van der Waals surface area contributed by atoms with Gasteiger partial charge in [-0.25, -0.2) is 4.79 Å². The van der Waals surface area contributed by atoms with E-state index in [4.69, 9.17) is 9.84 Å². The summed E-state index contributed by atoms with van der Waals surface area (Å²) in [6.45, 7) is 2.22. The first kappa shape index (κ1) is 20.9. The average molecular weight is 404 g/mol. The maximum atomic E-state index is 12.7. The molecule has 1 aromatic heterocycles. The van der Waals surface area contributed by atoms with Crippen LogP contribution in [0.2, 0.25) is 0 Å². The van der Waals surface area contributed by atoms with E-state index in [1.54, 1.807) is 24.3 Å². The monoisotopic (exact) mass is 404 g/mol. The summed E-state index contributed by atoms with van der Waals surface area (Å²) in [5.74, 6) is -0.684. The summed E-state index contributed by atoms with van der Waals surface area (Å²) in [5, 5.41) is 11.7. The van der Waals surface area contributed by atoms with E-state index in [1.165, 1.54) is 5.56 Å². The highest BCUT2D eigenvalue weighted by molar-refractivity contribution is 6.03. The topological polar surface area (TPSA) is 80.6 Å².